The number of benzene rings is 3. The molecule has 5 aromatic rings. The van der Waals surface area contributed by atoms with Gasteiger partial charge >= 0.3 is 0 Å². The van der Waals surface area contributed by atoms with Gasteiger partial charge in [-0.25, -0.2) is 0 Å². The van der Waals surface area contributed by atoms with Gasteiger partial charge in [0.25, 0.3) is 0 Å². The van der Waals surface area contributed by atoms with Crippen LogP contribution in [0.3, 0.4) is 0 Å². The molecule has 3 aromatic carbocycles. The maximum Gasteiger partial charge on any atom is 0.0974 e. The summed E-state index contributed by atoms with van der Waals surface area (Å²) in [5.41, 5.74) is 9.75. The zero-order valence-electron chi connectivity index (χ0n) is 25.7. The minimum absolute atomic E-state index is 0.486. The van der Waals surface area contributed by atoms with E-state index in [0.717, 1.165) is 22.9 Å². The van der Waals surface area contributed by atoms with Crippen molar-refractivity contribution in [3.63, 3.8) is 0 Å². The van der Waals surface area contributed by atoms with Gasteiger partial charge in [0.05, 0.1) is 11.0 Å². The summed E-state index contributed by atoms with van der Waals surface area (Å²) < 4.78 is 0. The van der Waals surface area contributed by atoms with Crippen molar-refractivity contribution in [1.82, 2.24) is 9.97 Å². The highest BCUT2D eigenvalue weighted by atomic mass is 14.8. The molecular weight excluding hydrogens is 508 g/mol. The molecule has 2 nitrogen and oxygen atoms in total. The first-order valence-corrected chi connectivity index (χ1v) is 16.4. The molecule has 2 aliphatic rings. The molecule has 0 N–H and O–H groups in total. The lowest BCUT2D eigenvalue weighted by Gasteiger charge is -2.33. The van der Waals surface area contributed by atoms with Gasteiger partial charge in [-0.2, -0.15) is 0 Å². The van der Waals surface area contributed by atoms with Crippen molar-refractivity contribution in [1.29, 1.82) is 0 Å². The standard InChI is InChI=1S/C40H44N2/c1-25-15-17-31(27(3)21-25)37-23-35(29-11-7-5-8-12-29)33-19-20-34-36(30-13-9-6-10-14-30)24-38(42-40(34)39(33)41-37)32-18-16-26(2)22-28(32)4/h5-14,19-20,23-28,31-32H,15-18,21-22H2,1-4H3. The van der Waals surface area contributed by atoms with Crippen molar-refractivity contribution < 1.29 is 0 Å². The van der Waals surface area contributed by atoms with Gasteiger partial charge in [-0.05, 0) is 83.7 Å². The van der Waals surface area contributed by atoms with E-state index in [1.807, 2.05) is 0 Å². The van der Waals surface area contributed by atoms with Gasteiger partial charge in [-0.3, -0.25) is 9.97 Å². The van der Waals surface area contributed by atoms with E-state index >= 15 is 0 Å². The molecule has 6 unspecified atom stereocenters. The van der Waals surface area contributed by atoms with Crippen LogP contribution in [0.15, 0.2) is 84.9 Å². The van der Waals surface area contributed by atoms with Gasteiger partial charge in [0.1, 0.15) is 0 Å². The third-order valence-electron chi connectivity index (χ3n) is 10.6. The molecule has 2 fully saturated rings. The Hall–Kier alpha value is -3.52. The van der Waals surface area contributed by atoms with Crippen molar-refractivity contribution in [3.8, 4) is 22.3 Å². The second-order valence-electron chi connectivity index (χ2n) is 13.8. The monoisotopic (exact) mass is 552 g/mol. The van der Waals surface area contributed by atoms with E-state index in [0.29, 0.717) is 23.7 Å². The maximum atomic E-state index is 5.58. The van der Waals surface area contributed by atoms with E-state index in [9.17, 15) is 0 Å². The topological polar surface area (TPSA) is 25.8 Å². The Balaban J connectivity index is 1.51. The number of fused-ring (bicyclic) bond motifs is 3. The van der Waals surface area contributed by atoms with Gasteiger partial charge in [-0.15, -0.1) is 0 Å². The van der Waals surface area contributed by atoms with Crippen LogP contribution in [0.1, 0.15) is 89.4 Å². The van der Waals surface area contributed by atoms with Gasteiger partial charge in [-0.1, -0.05) is 113 Å². The van der Waals surface area contributed by atoms with Crippen LogP contribution in [-0.2, 0) is 0 Å². The summed E-state index contributed by atoms with van der Waals surface area (Å²) in [7, 11) is 0. The fourth-order valence-electron chi connectivity index (χ4n) is 8.32. The lowest BCUT2D eigenvalue weighted by atomic mass is 9.73. The molecule has 2 aliphatic carbocycles. The smallest absolute Gasteiger partial charge is 0.0974 e. The quantitative estimate of drug-likeness (QED) is 0.207. The molecule has 2 aromatic heterocycles. The van der Waals surface area contributed by atoms with Gasteiger partial charge in [0.15, 0.2) is 0 Å². The molecule has 7 rings (SSSR count). The Bertz CT molecular complexity index is 1580. The highest BCUT2D eigenvalue weighted by molar-refractivity contribution is 6.12. The Morgan fingerprint density at radius 2 is 0.905 bits per heavy atom. The third kappa shape index (κ3) is 5.04. The molecule has 0 aliphatic heterocycles. The molecule has 2 saturated carbocycles. The van der Waals surface area contributed by atoms with Gasteiger partial charge < -0.3 is 0 Å². The van der Waals surface area contributed by atoms with Crippen molar-refractivity contribution >= 4 is 21.8 Å². The van der Waals surface area contributed by atoms with Gasteiger partial charge in [0.2, 0.25) is 0 Å². The van der Waals surface area contributed by atoms with Crippen LogP contribution >= 0.6 is 0 Å². The van der Waals surface area contributed by atoms with Crippen molar-refractivity contribution in [3.05, 3.63) is 96.3 Å². The molecule has 0 amide bonds. The average Bonchev–Trinajstić information content (AvgIpc) is 3.01. The number of aromatic nitrogens is 2. The van der Waals surface area contributed by atoms with E-state index in [2.05, 4.69) is 113 Å². The highest BCUT2D eigenvalue weighted by Gasteiger charge is 2.31. The van der Waals surface area contributed by atoms with E-state index in [1.165, 1.54) is 82.9 Å². The summed E-state index contributed by atoms with van der Waals surface area (Å²) in [6, 6.07) is 31.3. The largest absolute Gasteiger partial charge is 0.250 e. The summed E-state index contributed by atoms with van der Waals surface area (Å²) >= 11 is 0. The first kappa shape index (κ1) is 27.3. The predicted molar refractivity (Wildman–Crippen MR) is 178 cm³/mol. The summed E-state index contributed by atoms with van der Waals surface area (Å²) in [4.78, 5) is 11.2. The summed E-state index contributed by atoms with van der Waals surface area (Å²) in [5.74, 6) is 3.82. The molecule has 6 atom stereocenters. The Labute approximate surface area is 251 Å². The molecule has 2 heterocycles. The Morgan fingerprint density at radius 3 is 1.29 bits per heavy atom. The zero-order valence-corrected chi connectivity index (χ0v) is 25.7. The van der Waals surface area contributed by atoms with Crippen LogP contribution < -0.4 is 0 Å². The molecule has 214 valence electrons. The van der Waals surface area contributed by atoms with Crippen LogP contribution in [0.2, 0.25) is 0 Å². The van der Waals surface area contributed by atoms with E-state index in [-0.39, 0.29) is 0 Å². The zero-order chi connectivity index (χ0) is 28.8. The first-order valence-electron chi connectivity index (χ1n) is 16.4. The molecular formula is C40H44N2. The number of pyridine rings is 2. The molecule has 0 bridgehead atoms. The van der Waals surface area contributed by atoms with Gasteiger partial charge in [0, 0.05) is 34.0 Å². The van der Waals surface area contributed by atoms with Crippen molar-refractivity contribution in [2.24, 2.45) is 23.7 Å². The Morgan fingerprint density at radius 1 is 0.500 bits per heavy atom. The SMILES string of the molecule is CC1CCC(c2cc(-c3ccccc3)c3ccc4c(-c5ccccc5)cc(C5CCC(C)CC5C)nc4c3n2)C(C)C1. The fourth-order valence-corrected chi connectivity index (χ4v) is 8.32. The normalized spacial score (nSPS) is 26.5. The predicted octanol–water partition coefficient (Wildman–Crippen LogP) is 11.2. The molecule has 0 radical (unpaired) electrons. The lowest BCUT2D eigenvalue weighted by molar-refractivity contribution is 0.258. The number of hydrogen-bond donors (Lipinski definition) is 0. The third-order valence-corrected chi connectivity index (χ3v) is 10.6. The summed E-state index contributed by atoms with van der Waals surface area (Å²) in [6.07, 6.45) is 7.54. The minimum Gasteiger partial charge on any atom is -0.250 e. The first-order chi connectivity index (χ1) is 20.5. The number of hydrogen-bond acceptors (Lipinski definition) is 2. The minimum atomic E-state index is 0.486. The second-order valence-corrected chi connectivity index (χ2v) is 13.8. The van der Waals surface area contributed by atoms with E-state index < -0.39 is 0 Å². The van der Waals surface area contributed by atoms with E-state index in [1.54, 1.807) is 0 Å². The second kappa shape index (κ2) is 11.3. The number of nitrogens with zero attached hydrogens (tertiary/aromatic N) is 2. The molecule has 2 heteroatoms. The van der Waals surface area contributed by atoms with Crippen LogP contribution in [0.25, 0.3) is 44.1 Å². The van der Waals surface area contributed by atoms with E-state index in [4.69, 9.17) is 9.97 Å². The van der Waals surface area contributed by atoms with Crippen LogP contribution in [0.4, 0.5) is 0 Å². The fraction of sp³-hybridized carbons (Fsp3) is 0.400. The van der Waals surface area contributed by atoms with Crippen LogP contribution in [0, 0.1) is 23.7 Å². The lowest BCUT2D eigenvalue weighted by Crippen LogP contribution is -2.21. The number of rotatable bonds is 4. The molecule has 0 spiro atoms. The van der Waals surface area contributed by atoms with Crippen molar-refractivity contribution in [2.45, 2.75) is 78.1 Å². The summed E-state index contributed by atoms with van der Waals surface area (Å²) in [5, 5.41) is 2.42. The van der Waals surface area contributed by atoms with Crippen LogP contribution in [-0.4, -0.2) is 9.97 Å². The highest BCUT2D eigenvalue weighted by Crippen LogP contribution is 2.45. The Kier molecular flexibility index (Phi) is 7.34. The molecule has 42 heavy (non-hydrogen) atoms. The van der Waals surface area contributed by atoms with Crippen LogP contribution in [0.5, 0.6) is 0 Å². The maximum absolute atomic E-state index is 5.58. The van der Waals surface area contributed by atoms with Crippen molar-refractivity contribution in [2.75, 3.05) is 0 Å². The molecule has 0 saturated heterocycles. The average molecular weight is 553 g/mol. The summed E-state index contributed by atoms with van der Waals surface area (Å²) in [6.45, 7) is 9.69.